The third-order valence-corrected chi connectivity index (χ3v) is 5.20. The Hall–Kier alpha value is -3.87. The van der Waals surface area contributed by atoms with Crippen molar-refractivity contribution in [2.45, 2.75) is 13.8 Å². The van der Waals surface area contributed by atoms with Crippen LogP contribution < -0.4 is 15.0 Å². The van der Waals surface area contributed by atoms with E-state index in [1.165, 1.54) is 5.69 Å². The van der Waals surface area contributed by atoms with Gasteiger partial charge in [0.05, 0.1) is 12.8 Å². The molecule has 0 radical (unpaired) electrons. The first-order valence-electron chi connectivity index (χ1n) is 10.3. The number of fused-ring (bicyclic) bond motifs is 1. The van der Waals surface area contributed by atoms with Gasteiger partial charge in [0.25, 0.3) is 5.91 Å². The zero-order chi connectivity index (χ0) is 21.8. The van der Waals surface area contributed by atoms with Crippen LogP contribution in [0.25, 0.3) is 16.7 Å². The molecule has 3 aromatic carbocycles. The highest BCUT2D eigenvalue weighted by atomic mass is 16.5. The van der Waals surface area contributed by atoms with Gasteiger partial charge in [-0.3, -0.25) is 4.79 Å². The summed E-state index contributed by atoms with van der Waals surface area (Å²) < 4.78 is 5.13. The lowest BCUT2D eigenvalue weighted by Gasteiger charge is -2.20. The molecule has 0 aliphatic rings. The quantitative estimate of drug-likeness (QED) is 0.480. The van der Waals surface area contributed by atoms with E-state index in [2.05, 4.69) is 46.4 Å². The van der Waals surface area contributed by atoms with Gasteiger partial charge in [-0.2, -0.15) is 4.80 Å². The first kappa shape index (κ1) is 20.4. The maximum Gasteiger partial charge on any atom is 0.255 e. The molecule has 1 amide bonds. The fraction of sp³-hybridized carbons (Fsp3) is 0.208. The second kappa shape index (κ2) is 8.87. The molecule has 4 rings (SSSR count). The maximum absolute atomic E-state index is 12.5. The summed E-state index contributed by atoms with van der Waals surface area (Å²) in [5, 5.41) is 12.1. The van der Waals surface area contributed by atoms with Gasteiger partial charge in [0, 0.05) is 30.0 Å². The van der Waals surface area contributed by atoms with Gasteiger partial charge in [-0.15, -0.1) is 10.2 Å². The smallest absolute Gasteiger partial charge is 0.255 e. The molecule has 0 bridgehead atoms. The molecule has 7 nitrogen and oxygen atoms in total. The Morgan fingerprint density at radius 2 is 1.61 bits per heavy atom. The van der Waals surface area contributed by atoms with Crippen molar-refractivity contribution in [2.75, 3.05) is 30.4 Å². The number of hydrogen-bond donors (Lipinski definition) is 1. The van der Waals surface area contributed by atoms with Crippen molar-refractivity contribution in [3.63, 3.8) is 0 Å². The second-order valence-electron chi connectivity index (χ2n) is 7.06. The molecule has 0 aliphatic carbocycles. The van der Waals surface area contributed by atoms with Crippen LogP contribution in [0.15, 0.2) is 66.7 Å². The van der Waals surface area contributed by atoms with Gasteiger partial charge in [-0.1, -0.05) is 0 Å². The van der Waals surface area contributed by atoms with E-state index in [0.29, 0.717) is 22.5 Å². The highest BCUT2D eigenvalue weighted by Crippen LogP contribution is 2.21. The Bertz CT molecular complexity index is 1180. The lowest BCUT2D eigenvalue weighted by atomic mass is 10.2. The van der Waals surface area contributed by atoms with Crippen LogP contribution >= 0.6 is 0 Å². The molecule has 0 saturated carbocycles. The molecule has 158 valence electrons. The van der Waals surface area contributed by atoms with Crippen molar-refractivity contribution in [2.24, 2.45) is 0 Å². The van der Waals surface area contributed by atoms with Crippen LogP contribution in [0.4, 0.5) is 11.4 Å². The number of aromatic nitrogens is 3. The first-order valence-corrected chi connectivity index (χ1v) is 10.3. The monoisotopic (exact) mass is 415 g/mol. The van der Waals surface area contributed by atoms with E-state index in [0.717, 1.165) is 24.3 Å². The van der Waals surface area contributed by atoms with Gasteiger partial charge in [-0.25, -0.2) is 0 Å². The van der Waals surface area contributed by atoms with E-state index >= 15 is 0 Å². The van der Waals surface area contributed by atoms with E-state index < -0.39 is 0 Å². The molecule has 31 heavy (non-hydrogen) atoms. The molecule has 7 heteroatoms. The molecular formula is C24H25N5O2. The van der Waals surface area contributed by atoms with E-state index in [9.17, 15) is 4.79 Å². The van der Waals surface area contributed by atoms with E-state index in [-0.39, 0.29) is 5.91 Å². The lowest BCUT2D eigenvalue weighted by molar-refractivity contribution is 0.102. The molecule has 0 spiro atoms. The number of ether oxygens (including phenoxy) is 1. The molecule has 0 saturated heterocycles. The van der Waals surface area contributed by atoms with E-state index in [4.69, 9.17) is 4.74 Å². The SMILES string of the molecule is CCN(CC)c1ccc(-n2nc3ccc(NC(=O)c4ccc(OC)cc4)cc3n2)cc1. The third-order valence-electron chi connectivity index (χ3n) is 5.20. The lowest BCUT2D eigenvalue weighted by Crippen LogP contribution is -2.21. The van der Waals surface area contributed by atoms with Crippen molar-refractivity contribution >= 4 is 28.3 Å². The summed E-state index contributed by atoms with van der Waals surface area (Å²) >= 11 is 0. The number of hydrogen-bond acceptors (Lipinski definition) is 5. The van der Waals surface area contributed by atoms with Gasteiger partial charge in [0.2, 0.25) is 0 Å². The average molecular weight is 415 g/mol. The van der Waals surface area contributed by atoms with Crippen molar-refractivity contribution < 1.29 is 9.53 Å². The molecule has 1 heterocycles. The van der Waals surface area contributed by atoms with Crippen molar-refractivity contribution in [1.29, 1.82) is 0 Å². The predicted molar refractivity (Wildman–Crippen MR) is 123 cm³/mol. The van der Waals surface area contributed by atoms with Gasteiger partial charge >= 0.3 is 0 Å². The molecular weight excluding hydrogens is 390 g/mol. The number of carbonyl (C=O) groups excluding carboxylic acids is 1. The highest BCUT2D eigenvalue weighted by molar-refractivity contribution is 6.05. The van der Waals surface area contributed by atoms with Gasteiger partial charge < -0.3 is 15.0 Å². The number of rotatable bonds is 7. The number of benzene rings is 3. The Morgan fingerprint density at radius 3 is 2.26 bits per heavy atom. The summed E-state index contributed by atoms with van der Waals surface area (Å²) in [5.41, 5.74) is 4.75. The Labute approximate surface area is 181 Å². The van der Waals surface area contributed by atoms with Gasteiger partial charge in [-0.05, 0) is 80.6 Å². The zero-order valence-electron chi connectivity index (χ0n) is 17.9. The highest BCUT2D eigenvalue weighted by Gasteiger charge is 2.10. The Morgan fingerprint density at radius 1 is 0.935 bits per heavy atom. The Kier molecular flexibility index (Phi) is 5.84. The molecule has 4 aromatic rings. The first-order chi connectivity index (χ1) is 15.1. The topological polar surface area (TPSA) is 72.3 Å². The summed E-state index contributed by atoms with van der Waals surface area (Å²) in [6.07, 6.45) is 0. The number of carbonyl (C=O) groups is 1. The summed E-state index contributed by atoms with van der Waals surface area (Å²) in [5.74, 6) is 0.515. The summed E-state index contributed by atoms with van der Waals surface area (Å²) in [6, 6.07) is 20.7. The van der Waals surface area contributed by atoms with Crippen LogP contribution in [0.5, 0.6) is 5.75 Å². The second-order valence-corrected chi connectivity index (χ2v) is 7.06. The fourth-order valence-electron chi connectivity index (χ4n) is 3.44. The molecule has 1 N–H and O–H groups in total. The van der Waals surface area contributed by atoms with Crippen LogP contribution in [0.2, 0.25) is 0 Å². The Balaban J connectivity index is 1.53. The standard InChI is InChI=1S/C24H25N5O2/c1-4-28(5-2)19-9-11-20(12-10-19)29-26-22-15-8-18(16-23(22)27-29)25-24(30)17-6-13-21(31-3)14-7-17/h6-16H,4-5H2,1-3H3,(H,25,30). The summed E-state index contributed by atoms with van der Waals surface area (Å²) in [6.45, 7) is 6.21. The normalized spacial score (nSPS) is 10.8. The number of nitrogens with one attached hydrogen (secondary N) is 1. The van der Waals surface area contributed by atoms with Crippen LogP contribution in [0.1, 0.15) is 24.2 Å². The molecule has 0 unspecified atom stereocenters. The van der Waals surface area contributed by atoms with E-state index in [1.807, 2.05) is 30.3 Å². The molecule has 0 fully saturated rings. The van der Waals surface area contributed by atoms with Crippen LogP contribution in [-0.4, -0.2) is 41.1 Å². The minimum atomic E-state index is -0.193. The van der Waals surface area contributed by atoms with Crippen LogP contribution in [-0.2, 0) is 0 Å². The van der Waals surface area contributed by atoms with Crippen molar-refractivity contribution in [3.05, 3.63) is 72.3 Å². The van der Waals surface area contributed by atoms with Gasteiger partial charge in [0.1, 0.15) is 16.8 Å². The van der Waals surface area contributed by atoms with Crippen molar-refractivity contribution in [3.8, 4) is 11.4 Å². The number of nitrogens with zero attached hydrogens (tertiary/aromatic N) is 4. The van der Waals surface area contributed by atoms with Gasteiger partial charge in [0.15, 0.2) is 0 Å². The fourth-order valence-corrected chi connectivity index (χ4v) is 3.44. The molecule has 0 atom stereocenters. The maximum atomic E-state index is 12.5. The molecule has 0 aliphatic heterocycles. The number of amides is 1. The van der Waals surface area contributed by atoms with Crippen LogP contribution in [0.3, 0.4) is 0 Å². The van der Waals surface area contributed by atoms with Crippen LogP contribution in [0, 0.1) is 0 Å². The zero-order valence-corrected chi connectivity index (χ0v) is 17.9. The number of methoxy groups -OCH3 is 1. The summed E-state index contributed by atoms with van der Waals surface area (Å²) in [7, 11) is 1.59. The predicted octanol–water partition coefficient (Wildman–Crippen LogP) is 4.53. The van der Waals surface area contributed by atoms with Crippen molar-refractivity contribution in [1.82, 2.24) is 15.0 Å². The molecule has 1 aromatic heterocycles. The minimum absolute atomic E-state index is 0.193. The summed E-state index contributed by atoms with van der Waals surface area (Å²) in [4.78, 5) is 16.4. The number of anilines is 2. The average Bonchev–Trinajstić information content (AvgIpc) is 3.24. The van der Waals surface area contributed by atoms with E-state index in [1.54, 1.807) is 36.2 Å². The minimum Gasteiger partial charge on any atom is -0.497 e. The third kappa shape index (κ3) is 4.35. The largest absolute Gasteiger partial charge is 0.497 e.